The number of likely N-dealkylation sites (tertiary alicyclic amines) is 2. The molecule has 1 aromatic heterocycles. The molecule has 1 aliphatic carbocycles. The molecule has 0 aromatic carbocycles. The van der Waals surface area contributed by atoms with Crippen LogP contribution in [0.25, 0.3) is 0 Å². The lowest BCUT2D eigenvalue weighted by atomic mass is 10.00. The summed E-state index contributed by atoms with van der Waals surface area (Å²) in [5, 5.41) is 0. The van der Waals surface area contributed by atoms with Gasteiger partial charge in [0.25, 0.3) is 5.91 Å². The fourth-order valence-electron chi connectivity index (χ4n) is 3.63. The summed E-state index contributed by atoms with van der Waals surface area (Å²) in [6.45, 7) is 4.22. The summed E-state index contributed by atoms with van der Waals surface area (Å²) in [7, 11) is 0. The van der Waals surface area contributed by atoms with Crippen LogP contribution in [0.4, 0.5) is 0 Å². The summed E-state index contributed by atoms with van der Waals surface area (Å²) in [6, 6.07) is 4.13. The van der Waals surface area contributed by atoms with Crippen LogP contribution in [-0.2, 0) is 0 Å². The molecule has 3 fully saturated rings. The van der Waals surface area contributed by atoms with Gasteiger partial charge in [0.05, 0.1) is 6.26 Å². The minimum absolute atomic E-state index is 0.0629. The zero-order valence-electron chi connectivity index (χ0n) is 11.1. The van der Waals surface area contributed by atoms with Gasteiger partial charge in [-0.25, -0.2) is 0 Å². The smallest absolute Gasteiger partial charge is 0.289 e. The van der Waals surface area contributed by atoms with Crippen LogP contribution < -0.4 is 0 Å². The molecule has 0 unspecified atom stereocenters. The van der Waals surface area contributed by atoms with Crippen LogP contribution in [0.2, 0.25) is 0 Å². The molecule has 3 aliphatic rings. The van der Waals surface area contributed by atoms with Gasteiger partial charge >= 0.3 is 0 Å². The highest BCUT2D eigenvalue weighted by Crippen LogP contribution is 2.36. The maximum Gasteiger partial charge on any atom is 0.289 e. The van der Waals surface area contributed by atoms with Crippen LogP contribution in [0.15, 0.2) is 22.8 Å². The average Bonchev–Trinajstić information content (AvgIpc) is 2.98. The summed E-state index contributed by atoms with van der Waals surface area (Å²) in [4.78, 5) is 16.9. The van der Waals surface area contributed by atoms with Gasteiger partial charge in [0, 0.05) is 32.2 Å². The van der Waals surface area contributed by atoms with Gasteiger partial charge in [0.15, 0.2) is 5.76 Å². The minimum Gasteiger partial charge on any atom is -0.459 e. The monoisotopic (exact) mass is 260 g/mol. The van der Waals surface area contributed by atoms with E-state index in [-0.39, 0.29) is 5.91 Å². The van der Waals surface area contributed by atoms with Crippen molar-refractivity contribution in [1.82, 2.24) is 9.80 Å². The Morgan fingerprint density at radius 1 is 1.32 bits per heavy atom. The number of amides is 1. The molecule has 0 spiro atoms. The van der Waals surface area contributed by atoms with Crippen molar-refractivity contribution in [2.75, 3.05) is 26.2 Å². The molecule has 0 N–H and O–H groups in total. The van der Waals surface area contributed by atoms with E-state index in [4.69, 9.17) is 4.42 Å². The number of piperidine rings is 1. The summed E-state index contributed by atoms with van der Waals surface area (Å²) in [6.07, 6.45) is 5.66. The van der Waals surface area contributed by atoms with E-state index in [9.17, 15) is 4.79 Å². The molecular formula is C15H20N2O2. The average molecular weight is 260 g/mol. The van der Waals surface area contributed by atoms with Crippen molar-refractivity contribution in [3.8, 4) is 0 Å². The standard InChI is InChI=1S/C15H20N2O2/c18-15(14-2-1-5-19-14)17-9-12-6-13(10-17)16(8-12)7-11-3-4-11/h1-2,5,11-13H,3-4,6-10H2/t12-,13-/m0/s1. The first kappa shape index (κ1) is 11.5. The molecular weight excluding hydrogens is 240 g/mol. The summed E-state index contributed by atoms with van der Waals surface area (Å²) >= 11 is 0. The van der Waals surface area contributed by atoms with Crippen LogP contribution in [-0.4, -0.2) is 47.9 Å². The molecule has 2 atom stereocenters. The largest absolute Gasteiger partial charge is 0.459 e. The Hall–Kier alpha value is -1.29. The third-order valence-corrected chi connectivity index (χ3v) is 4.73. The fourth-order valence-corrected chi connectivity index (χ4v) is 3.63. The van der Waals surface area contributed by atoms with Crippen molar-refractivity contribution in [2.24, 2.45) is 11.8 Å². The Bertz CT molecular complexity index is 466. The Kier molecular flexibility index (Phi) is 2.65. The van der Waals surface area contributed by atoms with E-state index >= 15 is 0 Å². The SMILES string of the molecule is O=C(c1ccco1)N1C[C@H]2C[C@@H](C1)N(CC1CC1)C2. The predicted molar refractivity (Wildman–Crippen MR) is 70.8 cm³/mol. The van der Waals surface area contributed by atoms with Gasteiger partial charge in [0.2, 0.25) is 0 Å². The molecule has 4 nitrogen and oxygen atoms in total. The molecule has 1 amide bonds. The normalized spacial score (nSPS) is 30.8. The first-order valence-corrected chi connectivity index (χ1v) is 7.36. The number of carbonyl (C=O) groups is 1. The second kappa shape index (κ2) is 4.37. The van der Waals surface area contributed by atoms with E-state index in [1.54, 1.807) is 18.4 Å². The lowest BCUT2D eigenvalue weighted by Gasteiger charge is -2.32. The van der Waals surface area contributed by atoms with Gasteiger partial charge in [0.1, 0.15) is 0 Å². The third kappa shape index (κ3) is 2.18. The van der Waals surface area contributed by atoms with E-state index in [2.05, 4.69) is 4.90 Å². The number of nitrogens with zero attached hydrogens (tertiary/aromatic N) is 2. The van der Waals surface area contributed by atoms with Gasteiger partial charge in [-0.3, -0.25) is 9.69 Å². The summed E-state index contributed by atoms with van der Waals surface area (Å²) in [5.74, 6) is 2.15. The maximum atomic E-state index is 12.3. The van der Waals surface area contributed by atoms with Crippen molar-refractivity contribution in [3.05, 3.63) is 24.2 Å². The molecule has 1 saturated carbocycles. The topological polar surface area (TPSA) is 36.7 Å². The Balaban J connectivity index is 1.45. The first-order chi connectivity index (χ1) is 9.29. The second-order valence-electron chi connectivity index (χ2n) is 6.34. The predicted octanol–water partition coefficient (Wildman–Crippen LogP) is 1.84. The lowest BCUT2D eigenvalue weighted by molar-refractivity contribution is 0.0636. The highest BCUT2D eigenvalue weighted by atomic mass is 16.3. The Labute approximate surface area is 113 Å². The van der Waals surface area contributed by atoms with E-state index in [0.717, 1.165) is 19.0 Å². The first-order valence-electron chi connectivity index (χ1n) is 7.36. The Morgan fingerprint density at radius 3 is 2.95 bits per heavy atom. The van der Waals surface area contributed by atoms with E-state index < -0.39 is 0 Å². The van der Waals surface area contributed by atoms with Gasteiger partial charge in [-0.1, -0.05) is 0 Å². The van der Waals surface area contributed by atoms with Crippen molar-refractivity contribution >= 4 is 5.91 Å². The number of carbonyl (C=O) groups excluding carboxylic acids is 1. The third-order valence-electron chi connectivity index (χ3n) is 4.73. The van der Waals surface area contributed by atoms with Gasteiger partial charge < -0.3 is 9.32 Å². The lowest BCUT2D eigenvalue weighted by Crippen LogP contribution is -2.45. The van der Waals surface area contributed by atoms with Crippen LogP contribution in [0, 0.1) is 11.8 Å². The summed E-state index contributed by atoms with van der Waals surface area (Å²) in [5.41, 5.74) is 0. The summed E-state index contributed by atoms with van der Waals surface area (Å²) < 4.78 is 5.24. The highest BCUT2D eigenvalue weighted by molar-refractivity contribution is 5.91. The molecule has 3 heterocycles. The number of fused-ring (bicyclic) bond motifs is 2. The minimum atomic E-state index is 0.0629. The molecule has 2 bridgehead atoms. The zero-order valence-corrected chi connectivity index (χ0v) is 11.1. The fraction of sp³-hybridized carbons (Fsp3) is 0.667. The van der Waals surface area contributed by atoms with Crippen LogP contribution in [0.1, 0.15) is 29.8 Å². The van der Waals surface area contributed by atoms with Crippen molar-refractivity contribution < 1.29 is 9.21 Å². The number of rotatable bonds is 3. The number of hydrogen-bond donors (Lipinski definition) is 0. The molecule has 2 saturated heterocycles. The van der Waals surface area contributed by atoms with Gasteiger partial charge in [-0.15, -0.1) is 0 Å². The quantitative estimate of drug-likeness (QED) is 0.832. The van der Waals surface area contributed by atoms with E-state index in [1.165, 1.54) is 32.4 Å². The van der Waals surface area contributed by atoms with E-state index in [0.29, 0.717) is 17.7 Å². The zero-order chi connectivity index (χ0) is 12.8. The maximum absolute atomic E-state index is 12.3. The molecule has 0 radical (unpaired) electrons. The van der Waals surface area contributed by atoms with Crippen molar-refractivity contribution in [2.45, 2.75) is 25.3 Å². The van der Waals surface area contributed by atoms with Crippen molar-refractivity contribution in [1.29, 1.82) is 0 Å². The molecule has 19 heavy (non-hydrogen) atoms. The number of hydrogen-bond acceptors (Lipinski definition) is 3. The van der Waals surface area contributed by atoms with Crippen LogP contribution >= 0.6 is 0 Å². The van der Waals surface area contributed by atoms with Crippen molar-refractivity contribution in [3.63, 3.8) is 0 Å². The highest BCUT2D eigenvalue weighted by Gasteiger charge is 2.42. The molecule has 4 heteroatoms. The second-order valence-corrected chi connectivity index (χ2v) is 6.34. The van der Waals surface area contributed by atoms with E-state index in [1.807, 2.05) is 4.90 Å². The molecule has 102 valence electrons. The van der Waals surface area contributed by atoms with Crippen LogP contribution in [0.3, 0.4) is 0 Å². The van der Waals surface area contributed by atoms with Gasteiger partial charge in [-0.05, 0) is 43.2 Å². The Morgan fingerprint density at radius 2 is 2.21 bits per heavy atom. The molecule has 1 aromatic rings. The number of furan rings is 1. The molecule has 4 rings (SSSR count). The van der Waals surface area contributed by atoms with Crippen LogP contribution in [0.5, 0.6) is 0 Å². The molecule has 2 aliphatic heterocycles. The van der Waals surface area contributed by atoms with Gasteiger partial charge in [-0.2, -0.15) is 0 Å².